The molecule has 0 bridgehead atoms. The molecule has 0 atom stereocenters. The lowest BCUT2D eigenvalue weighted by atomic mass is 10.1. The SMILES string of the molecule is CN(C)CC(=O)Nc1ccc(N)cc1Cl.CS(=O)(=O)Nc1ccc(N)cc1Cl.NC(=O)c1ccc(N)c(Cl)c1.Nc1ccc(NC(=O)CN2CCCCC2)c(Cl)c1.Nc1ccc(NC(=O)CN2CCOCC2)c(Cl)c1.Nc1ccc(NC(=O)c2ccccc2)c(Cl)c1. The Bertz CT molecular complexity index is 3640. The van der Waals surface area contributed by atoms with Gasteiger partial charge in [0.25, 0.3) is 5.91 Å². The Labute approximate surface area is 565 Å². The largest absolute Gasteiger partial charge is 0.399 e. The normalized spacial score (nSPS) is 12.7. The molecule has 2 saturated heterocycles. The van der Waals surface area contributed by atoms with Crippen LogP contribution < -0.4 is 66.1 Å². The zero-order chi connectivity index (χ0) is 68.1. The lowest BCUT2D eigenvalue weighted by Gasteiger charge is -2.25. The van der Waals surface area contributed by atoms with Gasteiger partial charge in [0.2, 0.25) is 33.7 Å². The summed E-state index contributed by atoms with van der Waals surface area (Å²) in [5.74, 6) is -0.914. The van der Waals surface area contributed by atoms with E-state index in [1.165, 1.54) is 43.5 Å². The number of hydrogen-bond acceptors (Lipinski definition) is 17. The predicted octanol–water partition coefficient (Wildman–Crippen LogP) is 10.5. The van der Waals surface area contributed by atoms with Crippen molar-refractivity contribution in [1.29, 1.82) is 0 Å². The molecular weight excluding hydrogens is 1330 g/mol. The molecule has 0 saturated carbocycles. The molecule has 2 aliphatic heterocycles. The first-order chi connectivity index (χ1) is 43.4. The number of nitrogens with two attached hydrogens (primary N) is 7. The van der Waals surface area contributed by atoms with Gasteiger partial charge in [0.05, 0.1) is 103 Å². The molecule has 2 heterocycles. The van der Waals surface area contributed by atoms with Gasteiger partial charge in [-0.3, -0.25) is 38.5 Å². The number of benzene rings is 7. The number of hydrogen-bond donors (Lipinski definition) is 12. The van der Waals surface area contributed by atoms with Gasteiger partial charge in [-0.05, 0) is 161 Å². The monoisotopic (exact) mass is 1400 g/mol. The van der Waals surface area contributed by atoms with E-state index in [1.54, 1.807) is 114 Å². The summed E-state index contributed by atoms with van der Waals surface area (Å²) in [5, 5.41) is 13.4. The highest BCUT2D eigenvalue weighted by molar-refractivity contribution is 7.92. The molecule has 30 heteroatoms. The minimum Gasteiger partial charge on any atom is -0.399 e. The van der Waals surface area contributed by atoms with E-state index in [4.69, 9.17) is 114 Å². The van der Waals surface area contributed by atoms with Gasteiger partial charge in [0, 0.05) is 52.7 Å². The van der Waals surface area contributed by atoms with Crippen molar-refractivity contribution >= 4 is 172 Å². The van der Waals surface area contributed by atoms with Crippen molar-refractivity contribution in [2.45, 2.75) is 19.3 Å². The lowest BCUT2D eigenvalue weighted by Crippen LogP contribution is -2.41. The van der Waals surface area contributed by atoms with Crippen molar-refractivity contribution in [3.05, 3.63) is 181 Å². The van der Waals surface area contributed by atoms with Crippen LogP contribution in [0.25, 0.3) is 0 Å². The highest BCUT2D eigenvalue weighted by Crippen LogP contribution is 2.28. The number of nitrogens with one attached hydrogen (secondary N) is 5. The number of likely N-dealkylation sites (N-methyl/N-ethyl adjacent to an activating group) is 1. The summed E-state index contributed by atoms with van der Waals surface area (Å²) in [6.07, 6.45) is 4.67. The van der Waals surface area contributed by atoms with Crippen LogP contribution in [0.3, 0.4) is 0 Å². The highest BCUT2D eigenvalue weighted by atomic mass is 35.5. The molecule has 7 aromatic carbocycles. The number of nitrogen functional groups attached to an aromatic ring is 6. The second-order valence-electron chi connectivity index (χ2n) is 20.6. The van der Waals surface area contributed by atoms with E-state index in [9.17, 15) is 32.4 Å². The third-order valence-corrected chi connectivity index (χ3v) is 14.9. The van der Waals surface area contributed by atoms with Crippen LogP contribution in [0.15, 0.2) is 140 Å². The van der Waals surface area contributed by atoms with E-state index in [2.05, 4.69) is 30.9 Å². The Morgan fingerprint density at radius 1 is 0.467 bits per heavy atom. The first-order valence-corrected chi connectivity index (χ1v) is 32.1. The van der Waals surface area contributed by atoms with Gasteiger partial charge in [0.15, 0.2) is 0 Å². The summed E-state index contributed by atoms with van der Waals surface area (Å²) in [4.78, 5) is 63.6. The third-order valence-electron chi connectivity index (χ3n) is 12.4. The molecule has 494 valence electrons. The standard InChI is InChI=1S/C13H18ClN3O.C13H11ClN2O.C12H16ClN3O2.C10H14ClN3O.C7H9ClN2O2S.C7H7ClN2O/c14-11-8-10(15)4-5-12(11)16-13(18)9-17-6-2-1-3-7-17;14-11-8-10(15)6-7-12(11)16-13(17)9-4-2-1-3-5-9;13-10-7-9(14)1-2-11(10)15-12(17)8-16-3-5-18-6-4-16;1-14(2)6-10(15)13-9-4-3-7(12)5-8(9)11;1-13(11,12)10-7-3-2-5(9)4-6(7)8;8-5-3-4(7(10)11)1-2-6(5)9/h4-5,8H,1-3,6-7,9,15H2,(H,16,18);1-8H,15H2,(H,16,17);1-2,7H,3-6,8,14H2,(H,15,17);3-5H,6,12H2,1-2H3,(H,13,15);2-4,10H,9H2,1H3;1-3H,9H2,(H2,10,11). The molecule has 19 N–H and O–H groups in total. The molecule has 92 heavy (non-hydrogen) atoms. The van der Waals surface area contributed by atoms with Crippen LogP contribution in [0.4, 0.5) is 62.6 Å². The second-order valence-corrected chi connectivity index (χ2v) is 24.8. The minimum absolute atomic E-state index is 0.0245. The number of rotatable bonds is 14. The van der Waals surface area contributed by atoms with Gasteiger partial charge in [-0.1, -0.05) is 94.2 Å². The number of amides is 5. The molecular formula is C62H75Cl6N15O8S. The first kappa shape index (κ1) is 76.5. The van der Waals surface area contributed by atoms with Gasteiger partial charge in [0.1, 0.15) is 0 Å². The summed E-state index contributed by atoms with van der Waals surface area (Å²) >= 11 is 35.2. The molecule has 0 radical (unpaired) electrons. The summed E-state index contributed by atoms with van der Waals surface area (Å²) in [6, 6.07) is 38.1. The van der Waals surface area contributed by atoms with Crippen molar-refractivity contribution in [1.82, 2.24) is 14.7 Å². The number of sulfonamides is 1. The van der Waals surface area contributed by atoms with Crippen molar-refractivity contribution in [3.8, 4) is 0 Å². The number of ether oxygens (including phenoxy) is 1. The minimum atomic E-state index is -3.29. The zero-order valence-electron chi connectivity index (χ0n) is 50.6. The first-order valence-electron chi connectivity index (χ1n) is 28.0. The van der Waals surface area contributed by atoms with E-state index < -0.39 is 15.9 Å². The molecule has 0 unspecified atom stereocenters. The molecule has 2 fully saturated rings. The maximum atomic E-state index is 11.9. The number of carbonyl (C=O) groups excluding carboxylic acids is 5. The Hall–Kier alpha value is -7.98. The Balaban J connectivity index is 0.000000237. The number of morpholine rings is 1. The summed E-state index contributed by atoms with van der Waals surface area (Å²) < 4.78 is 29.2. The zero-order valence-corrected chi connectivity index (χ0v) is 55.9. The maximum absolute atomic E-state index is 11.9. The van der Waals surface area contributed by atoms with E-state index in [-0.39, 0.29) is 28.7 Å². The Morgan fingerprint density at radius 3 is 1.22 bits per heavy atom. The quantitative estimate of drug-likeness (QED) is 0.0450. The van der Waals surface area contributed by atoms with E-state index in [0.717, 1.165) is 32.4 Å². The van der Waals surface area contributed by atoms with Crippen LogP contribution in [-0.4, -0.2) is 132 Å². The van der Waals surface area contributed by atoms with E-state index in [0.29, 0.717) is 132 Å². The number of likely N-dealkylation sites (tertiary alicyclic amines) is 1. The molecule has 0 aromatic heterocycles. The van der Waals surface area contributed by atoms with Crippen LogP contribution in [0.1, 0.15) is 40.0 Å². The molecule has 7 aromatic rings. The topological polar surface area (TPSA) is 381 Å². The van der Waals surface area contributed by atoms with Crippen LogP contribution in [-0.2, 0) is 29.1 Å². The van der Waals surface area contributed by atoms with Crippen LogP contribution in [0.2, 0.25) is 30.1 Å². The summed E-state index contributed by atoms with van der Waals surface area (Å²) in [6.45, 7) is 6.02. The van der Waals surface area contributed by atoms with Gasteiger partial charge >= 0.3 is 0 Å². The second kappa shape index (κ2) is 38.8. The van der Waals surface area contributed by atoms with Crippen LogP contribution in [0.5, 0.6) is 0 Å². The fourth-order valence-corrected chi connectivity index (χ4v) is 9.94. The predicted molar refractivity (Wildman–Crippen MR) is 379 cm³/mol. The maximum Gasteiger partial charge on any atom is 0.255 e. The Kier molecular flexibility index (Phi) is 32.2. The fourth-order valence-electron chi connectivity index (χ4n) is 7.95. The number of anilines is 11. The van der Waals surface area contributed by atoms with Crippen LogP contribution in [0, 0.1) is 0 Å². The van der Waals surface area contributed by atoms with Crippen molar-refractivity contribution in [2.24, 2.45) is 5.73 Å². The number of halogens is 6. The van der Waals surface area contributed by atoms with Gasteiger partial charge in [-0.15, -0.1) is 0 Å². The summed E-state index contributed by atoms with van der Waals surface area (Å²) in [5.41, 5.74) is 45.0. The van der Waals surface area contributed by atoms with Gasteiger partial charge in [-0.2, -0.15) is 0 Å². The fraction of sp³-hybridized carbons (Fsp3) is 0.242. The molecule has 9 rings (SSSR count). The van der Waals surface area contributed by atoms with Crippen molar-refractivity contribution < 1.29 is 37.1 Å². The molecule has 2 aliphatic rings. The van der Waals surface area contributed by atoms with E-state index >= 15 is 0 Å². The summed E-state index contributed by atoms with van der Waals surface area (Å²) in [7, 11) is 0.359. The smallest absolute Gasteiger partial charge is 0.255 e. The number of carbonyl (C=O) groups is 5. The average Bonchev–Trinajstić information content (AvgIpc) is 1.84. The van der Waals surface area contributed by atoms with Crippen molar-refractivity contribution in [2.75, 3.05) is 140 Å². The average molecular weight is 1400 g/mol. The Morgan fingerprint density at radius 2 is 0.848 bits per heavy atom. The third kappa shape index (κ3) is 29.5. The molecule has 0 spiro atoms. The highest BCUT2D eigenvalue weighted by Gasteiger charge is 2.17. The van der Waals surface area contributed by atoms with Gasteiger partial charge < -0.3 is 71.0 Å². The van der Waals surface area contributed by atoms with Gasteiger partial charge in [-0.25, -0.2) is 8.42 Å². The van der Waals surface area contributed by atoms with E-state index in [1.807, 2.05) is 25.1 Å². The molecule has 0 aliphatic carbocycles. The molecule has 5 amide bonds. The van der Waals surface area contributed by atoms with Crippen molar-refractivity contribution in [3.63, 3.8) is 0 Å². The van der Waals surface area contributed by atoms with Crippen LogP contribution >= 0.6 is 69.6 Å². The number of piperidine rings is 1. The number of primary amides is 1. The number of nitrogens with zero attached hydrogens (tertiary/aromatic N) is 3. The molecule has 23 nitrogen and oxygen atoms in total. The lowest BCUT2D eigenvalue weighted by molar-refractivity contribution is -0.118.